The fourth-order valence-electron chi connectivity index (χ4n) is 0.783. The molecule has 0 heterocycles. The summed E-state index contributed by atoms with van der Waals surface area (Å²) in [5.74, 6) is 0. The van der Waals surface area contributed by atoms with Crippen LogP contribution in [0.4, 0.5) is 0 Å². The second-order valence-corrected chi connectivity index (χ2v) is 2.71. The van der Waals surface area contributed by atoms with Crippen LogP contribution in [0.1, 0.15) is 19.3 Å². The van der Waals surface area contributed by atoms with E-state index in [1.54, 1.807) is 0 Å². The van der Waals surface area contributed by atoms with Gasteiger partial charge in [0.15, 0.2) is 0 Å². The van der Waals surface area contributed by atoms with E-state index < -0.39 is 0 Å². The molecule has 48 valence electrons. The van der Waals surface area contributed by atoms with Crippen LogP contribution in [0, 0.1) is 16.7 Å². The van der Waals surface area contributed by atoms with Crippen molar-refractivity contribution in [3.05, 3.63) is 11.6 Å². The van der Waals surface area contributed by atoms with Gasteiger partial charge >= 0.3 is 0 Å². The van der Waals surface area contributed by atoms with Gasteiger partial charge in [0.25, 0.3) is 0 Å². The molecule has 0 aromatic heterocycles. The summed E-state index contributed by atoms with van der Waals surface area (Å²) < 4.78 is 0. The molecule has 0 atom stereocenters. The maximum absolute atomic E-state index is 8.56. The molecule has 0 amide bonds. The van der Waals surface area contributed by atoms with Crippen LogP contribution < -0.4 is 0 Å². The zero-order valence-corrected chi connectivity index (χ0v) is 5.86. The van der Waals surface area contributed by atoms with E-state index in [1.165, 1.54) is 5.54 Å². The topological polar surface area (TPSA) is 23.8 Å². The number of hydrogen-bond acceptors (Lipinski definition) is 1. The zero-order chi connectivity index (χ0) is 6.74. The summed E-state index contributed by atoms with van der Waals surface area (Å²) in [4.78, 5) is 0. The minimum absolute atomic E-state index is 0.0224. The first-order valence-electron chi connectivity index (χ1n) is 2.99. The Morgan fingerprint density at radius 3 is 2.67 bits per heavy atom. The Kier molecular flexibility index (Phi) is 1.78. The molecule has 9 heavy (non-hydrogen) atoms. The molecular formula is C7H8ClN. The van der Waals surface area contributed by atoms with Crippen LogP contribution >= 0.6 is 11.6 Å². The van der Waals surface area contributed by atoms with Crippen LogP contribution in [0.15, 0.2) is 11.6 Å². The lowest BCUT2D eigenvalue weighted by Crippen LogP contribution is -1.91. The number of halogens is 1. The van der Waals surface area contributed by atoms with Gasteiger partial charge < -0.3 is 0 Å². The highest BCUT2D eigenvalue weighted by Crippen LogP contribution is 2.48. The van der Waals surface area contributed by atoms with E-state index >= 15 is 0 Å². The Morgan fingerprint density at radius 1 is 1.67 bits per heavy atom. The Labute approximate surface area is 59.9 Å². The number of rotatable bonds is 2. The highest BCUT2D eigenvalue weighted by atomic mass is 35.5. The van der Waals surface area contributed by atoms with Crippen LogP contribution in [0.5, 0.6) is 0 Å². The summed E-state index contributed by atoms with van der Waals surface area (Å²) in [6, 6.07) is 2.28. The van der Waals surface area contributed by atoms with Gasteiger partial charge in [0.2, 0.25) is 0 Å². The molecule has 1 rings (SSSR count). The first-order chi connectivity index (χ1) is 4.33. The van der Waals surface area contributed by atoms with E-state index in [-0.39, 0.29) is 5.41 Å². The summed E-state index contributed by atoms with van der Waals surface area (Å²) in [6.45, 7) is 0. The maximum Gasteiger partial charge on any atom is 0.0693 e. The Morgan fingerprint density at radius 2 is 2.33 bits per heavy atom. The minimum Gasteiger partial charge on any atom is -0.198 e. The standard InChI is InChI=1S/C7H8ClN/c8-5-1-2-7(6-9)3-4-7/h1,5H,2-4H2/b5-1+. The lowest BCUT2D eigenvalue weighted by atomic mass is 10.1. The predicted molar refractivity (Wildman–Crippen MR) is 36.9 cm³/mol. The van der Waals surface area contributed by atoms with Crippen molar-refractivity contribution in [2.75, 3.05) is 0 Å². The fraction of sp³-hybridized carbons (Fsp3) is 0.571. The maximum atomic E-state index is 8.56. The first kappa shape index (κ1) is 6.64. The molecule has 0 aromatic carbocycles. The number of nitrogens with zero attached hydrogens (tertiary/aromatic N) is 1. The van der Waals surface area contributed by atoms with E-state index in [0.29, 0.717) is 0 Å². The molecule has 0 radical (unpaired) electrons. The Bertz CT molecular complexity index is 162. The van der Waals surface area contributed by atoms with Gasteiger partial charge in [-0.25, -0.2) is 0 Å². The molecule has 0 aliphatic heterocycles. The number of hydrogen-bond donors (Lipinski definition) is 0. The van der Waals surface area contributed by atoms with Crippen LogP contribution in [0.2, 0.25) is 0 Å². The third-order valence-electron chi connectivity index (χ3n) is 1.69. The molecule has 1 fully saturated rings. The van der Waals surface area contributed by atoms with Gasteiger partial charge in [-0.05, 0) is 19.3 Å². The molecule has 0 N–H and O–H groups in total. The Balaban J connectivity index is 2.36. The van der Waals surface area contributed by atoms with Crippen molar-refractivity contribution >= 4 is 11.6 Å². The fourth-order valence-corrected chi connectivity index (χ4v) is 0.872. The molecule has 2 heteroatoms. The van der Waals surface area contributed by atoms with Crippen molar-refractivity contribution in [1.82, 2.24) is 0 Å². The van der Waals surface area contributed by atoms with Crippen LogP contribution in [0.3, 0.4) is 0 Å². The first-order valence-corrected chi connectivity index (χ1v) is 3.43. The summed E-state index contributed by atoms with van der Waals surface area (Å²) in [5, 5.41) is 8.56. The van der Waals surface area contributed by atoms with Gasteiger partial charge in [0, 0.05) is 5.54 Å². The zero-order valence-electron chi connectivity index (χ0n) is 5.10. The van der Waals surface area contributed by atoms with Gasteiger partial charge in [0.05, 0.1) is 11.5 Å². The monoisotopic (exact) mass is 141 g/mol. The van der Waals surface area contributed by atoms with Gasteiger partial charge in [-0.15, -0.1) is 0 Å². The quantitative estimate of drug-likeness (QED) is 0.580. The molecule has 1 saturated carbocycles. The van der Waals surface area contributed by atoms with Crippen molar-refractivity contribution in [3.63, 3.8) is 0 Å². The predicted octanol–water partition coefficient (Wildman–Crippen LogP) is 2.43. The minimum atomic E-state index is -0.0224. The van der Waals surface area contributed by atoms with Gasteiger partial charge in [-0.2, -0.15) is 5.26 Å². The molecule has 0 saturated heterocycles. The highest BCUT2D eigenvalue weighted by Gasteiger charge is 2.41. The van der Waals surface area contributed by atoms with E-state index in [2.05, 4.69) is 6.07 Å². The van der Waals surface area contributed by atoms with Gasteiger partial charge in [-0.1, -0.05) is 17.7 Å². The van der Waals surface area contributed by atoms with Crippen molar-refractivity contribution in [3.8, 4) is 6.07 Å². The normalized spacial score (nSPS) is 21.8. The largest absolute Gasteiger partial charge is 0.198 e. The second-order valence-electron chi connectivity index (χ2n) is 2.46. The molecule has 0 spiro atoms. The molecule has 0 unspecified atom stereocenters. The third kappa shape index (κ3) is 1.46. The van der Waals surface area contributed by atoms with Crippen molar-refractivity contribution in [1.29, 1.82) is 5.26 Å². The number of nitriles is 1. The summed E-state index contributed by atoms with van der Waals surface area (Å²) >= 11 is 5.30. The van der Waals surface area contributed by atoms with Crippen molar-refractivity contribution in [2.45, 2.75) is 19.3 Å². The SMILES string of the molecule is N#CC1(C/C=C/Cl)CC1. The summed E-state index contributed by atoms with van der Waals surface area (Å²) in [6.07, 6.45) is 4.76. The van der Waals surface area contributed by atoms with Crippen molar-refractivity contribution in [2.24, 2.45) is 5.41 Å². The average molecular weight is 142 g/mol. The van der Waals surface area contributed by atoms with Gasteiger partial charge in [0.1, 0.15) is 0 Å². The van der Waals surface area contributed by atoms with E-state index in [0.717, 1.165) is 19.3 Å². The van der Waals surface area contributed by atoms with Crippen LogP contribution in [0.25, 0.3) is 0 Å². The van der Waals surface area contributed by atoms with Gasteiger partial charge in [-0.3, -0.25) is 0 Å². The smallest absolute Gasteiger partial charge is 0.0693 e. The van der Waals surface area contributed by atoms with Crippen LogP contribution in [-0.4, -0.2) is 0 Å². The molecular weight excluding hydrogens is 134 g/mol. The molecule has 0 aromatic rings. The van der Waals surface area contributed by atoms with E-state index in [1.807, 2.05) is 6.08 Å². The second kappa shape index (κ2) is 2.41. The average Bonchev–Trinajstić information content (AvgIpc) is 2.65. The molecule has 1 aliphatic carbocycles. The Hall–Kier alpha value is -0.480. The summed E-state index contributed by atoms with van der Waals surface area (Å²) in [5.41, 5.74) is 1.46. The summed E-state index contributed by atoms with van der Waals surface area (Å²) in [7, 11) is 0. The lowest BCUT2D eigenvalue weighted by Gasteiger charge is -1.95. The van der Waals surface area contributed by atoms with Crippen LogP contribution in [-0.2, 0) is 0 Å². The van der Waals surface area contributed by atoms with E-state index in [9.17, 15) is 0 Å². The third-order valence-corrected chi connectivity index (χ3v) is 1.87. The molecule has 1 aliphatic rings. The van der Waals surface area contributed by atoms with E-state index in [4.69, 9.17) is 16.9 Å². The van der Waals surface area contributed by atoms with Crippen molar-refractivity contribution < 1.29 is 0 Å². The molecule has 1 nitrogen and oxygen atoms in total. The highest BCUT2D eigenvalue weighted by molar-refractivity contribution is 6.25. The lowest BCUT2D eigenvalue weighted by molar-refractivity contribution is 0.684. The number of allylic oxidation sites excluding steroid dienone is 1. The molecule has 0 bridgehead atoms.